The van der Waals surface area contributed by atoms with E-state index >= 15 is 0 Å². The van der Waals surface area contributed by atoms with Gasteiger partial charge in [-0.05, 0) is 28.8 Å². The summed E-state index contributed by atoms with van der Waals surface area (Å²) in [5, 5.41) is 0. The molecular weight excluding hydrogens is 320 g/mol. The first-order valence-corrected chi connectivity index (χ1v) is 8.59. The Morgan fingerprint density at radius 3 is 1.92 bits per heavy atom. The Kier molecular flexibility index (Phi) is 4.28. The molecule has 0 saturated heterocycles. The second-order valence-electron chi connectivity index (χ2n) is 6.14. The molecule has 4 aromatic rings. The van der Waals surface area contributed by atoms with Gasteiger partial charge >= 0.3 is 0 Å². The molecule has 3 heteroatoms. The highest BCUT2D eigenvalue weighted by atomic mass is 16.5. The number of methoxy groups -OCH3 is 1. The van der Waals surface area contributed by atoms with Crippen LogP contribution in [0.2, 0.25) is 0 Å². The van der Waals surface area contributed by atoms with Crippen LogP contribution in [0.1, 0.15) is 16.7 Å². The van der Waals surface area contributed by atoms with E-state index in [9.17, 15) is 0 Å². The van der Waals surface area contributed by atoms with Crippen molar-refractivity contribution in [1.82, 2.24) is 9.55 Å². The molecular formula is C23H20N2O. The van der Waals surface area contributed by atoms with Crippen LogP contribution in [0.3, 0.4) is 0 Å². The molecule has 0 aliphatic heterocycles. The fourth-order valence-corrected chi connectivity index (χ4v) is 3.61. The maximum absolute atomic E-state index is 5.51. The topological polar surface area (TPSA) is 27.1 Å². The van der Waals surface area contributed by atoms with E-state index in [1.54, 1.807) is 7.11 Å². The predicted octanol–water partition coefficient (Wildman–Crippen LogP) is 4.73. The zero-order chi connectivity index (χ0) is 17.8. The van der Waals surface area contributed by atoms with Crippen LogP contribution in [0, 0.1) is 0 Å². The number of hydrogen-bond acceptors (Lipinski definition) is 2. The van der Waals surface area contributed by atoms with Gasteiger partial charge in [-0.1, -0.05) is 72.8 Å². The summed E-state index contributed by atoms with van der Waals surface area (Å²) in [4.78, 5) is 4.34. The number of aromatic nitrogens is 2. The second kappa shape index (κ2) is 6.89. The summed E-state index contributed by atoms with van der Waals surface area (Å²) in [6.45, 7) is 0. The van der Waals surface area contributed by atoms with Crippen LogP contribution in [0.15, 0.2) is 104 Å². The summed E-state index contributed by atoms with van der Waals surface area (Å²) in [5.41, 5.74) is 2.91. The predicted molar refractivity (Wildman–Crippen MR) is 103 cm³/mol. The fourth-order valence-electron chi connectivity index (χ4n) is 3.61. The van der Waals surface area contributed by atoms with Crippen LogP contribution >= 0.6 is 0 Å². The van der Waals surface area contributed by atoms with E-state index in [2.05, 4.69) is 70.2 Å². The SMILES string of the molecule is COc1cccc(C(c2ccccc2)(c2ccccc2)n2ccnc2)c1. The maximum Gasteiger partial charge on any atom is 0.121 e. The molecule has 4 rings (SSSR count). The molecule has 128 valence electrons. The number of benzene rings is 3. The van der Waals surface area contributed by atoms with Gasteiger partial charge in [0.15, 0.2) is 0 Å². The molecule has 0 saturated carbocycles. The first-order valence-electron chi connectivity index (χ1n) is 8.59. The fraction of sp³-hybridized carbons (Fsp3) is 0.0870. The van der Waals surface area contributed by atoms with Crippen LogP contribution in [0.25, 0.3) is 0 Å². The molecule has 3 nitrogen and oxygen atoms in total. The van der Waals surface area contributed by atoms with Crippen molar-refractivity contribution in [2.75, 3.05) is 7.11 Å². The zero-order valence-corrected chi connectivity index (χ0v) is 14.6. The van der Waals surface area contributed by atoms with Gasteiger partial charge in [0.25, 0.3) is 0 Å². The van der Waals surface area contributed by atoms with Gasteiger partial charge in [-0.15, -0.1) is 0 Å². The van der Waals surface area contributed by atoms with Gasteiger partial charge < -0.3 is 9.30 Å². The van der Waals surface area contributed by atoms with E-state index in [4.69, 9.17) is 4.74 Å². The van der Waals surface area contributed by atoms with E-state index < -0.39 is 5.54 Å². The molecule has 0 aliphatic rings. The van der Waals surface area contributed by atoms with E-state index in [-0.39, 0.29) is 0 Å². The molecule has 0 unspecified atom stereocenters. The summed E-state index contributed by atoms with van der Waals surface area (Å²) in [6, 6.07) is 29.3. The molecule has 3 aromatic carbocycles. The maximum atomic E-state index is 5.51. The van der Waals surface area contributed by atoms with Crippen molar-refractivity contribution in [3.8, 4) is 5.75 Å². The zero-order valence-electron chi connectivity index (χ0n) is 14.6. The lowest BCUT2D eigenvalue weighted by atomic mass is 9.76. The molecule has 26 heavy (non-hydrogen) atoms. The molecule has 0 bridgehead atoms. The van der Waals surface area contributed by atoms with Crippen LogP contribution in [0.4, 0.5) is 0 Å². The third-order valence-electron chi connectivity index (χ3n) is 4.76. The molecule has 0 radical (unpaired) electrons. The lowest BCUT2D eigenvalue weighted by Gasteiger charge is -2.37. The van der Waals surface area contributed by atoms with Crippen molar-refractivity contribution in [2.45, 2.75) is 5.54 Å². The number of nitrogens with zero attached hydrogens (tertiary/aromatic N) is 2. The molecule has 0 spiro atoms. The average molecular weight is 340 g/mol. The van der Waals surface area contributed by atoms with Crippen molar-refractivity contribution >= 4 is 0 Å². The summed E-state index contributed by atoms with van der Waals surface area (Å²) in [6.07, 6.45) is 5.71. The van der Waals surface area contributed by atoms with Gasteiger partial charge in [0.2, 0.25) is 0 Å². The van der Waals surface area contributed by atoms with Crippen molar-refractivity contribution < 1.29 is 4.74 Å². The summed E-state index contributed by atoms with van der Waals surface area (Å²) >= 11 is 0. The Labute approximate surface area is 153 Å². The highest BCUT2D eigenvalue weighted by molar-refractivity contribution is 5.52. The van der Waals surface area contributed by atoms with Gasteiger partial charge in [-0.2, -0.15) is 0 Å². The van der Waals surface area contributed by atoms with Gasteiger partial charge in [0.1, 0.15) is 11.3 Å². The Morgan fingerprint density at radius 1 is 0.769 bits per heavy atom. The number of ether oxygens (including phenoxy) is 1. The minimum absolute atomic E-state index is 0.534. The smallest absolute Gasteiger partial charge is 0.121 e. The second-order valence-corrected chi connectivity index (χ2v) is 6.14. The number of rotatable bonds is 5. The van der Waals surface area contributed by atoms with Crippen LogP contribution < -0.4 is 4.74 Å². The first-order chi connectivity index (χ1) is 12.9. The summed E-state index contributed by atoms with van der Waals surface area (Å²) in [7, 11) is 1.70. The molecule has 0 aliphatic carbocycles. The summed E-state index contributed by atoms with van der Waals surface area (Å²) in [5.74, 6) is 0.832. The van der Waals surface area contributed by atoms with Crippen LogP contribution in [0.5, 0.6) is 5.75 Å². The van der Waals surface area contributed by atoms with Gasteiger partial charge in [0.05, 0.1) is 13.4 Å². The van der Waals surface area contributed by atoms with E-state index in [0.717, 1.165) is 22.4 Å². The normalized spacial score (nSPS) is 11.3. The van der Waals surface area contributed by atoms with E-state index in [0.29, 0.717) is 0 Å². The van der Waals surface area contributed by atoms with Gasteiger partial charge in [-0.3, -0.25) is 0 Å². The lowest BCUT2D eigenvalue weighted by Crippen LogP contribution is -2.36. The molecule has 1 aromatic heterocycles. The monoisotopic (exact) mass is 340 g/mol. The van der Waals surface area contributed by atoms with Crippen molar-refractivity contribution in [1.29, 1.82) is 0 Å². The van der Waals surface area contributed by atoms with E-state index in [1.807, 2.05) is 43.0 Å². The van der Waals surface area contributed by atoms with Crippen molar-refractivity contribution in [2.24, 2.45) is 0 Å². The minimum Gasteiger partial charge on any atom is -0.497 e. The quantitative estimate of drug-likeness (QED) is 0.491. The van der Waals surface area contributed by atoms with Crippen molar-refractivity contribution in [3.63, 3.8) is 0 Å². The first kappa shape index (κ1) is 16.2. The molecule has 0 amide bonds. The summed E-state index contributed by atoms with van der Waals surface area (Å²) < 4.78 is 7.67. The van der Waals surface area contributed by atoms with Crippen LogP contribution in [-0.2, 0) is 5.54 Å². The average Bonchev–Trinajstić information content (AvgIpc) is 3.25. The molecule has 0 N–H and O–H groups in total. The third kappa shape index (κ3) is 2.58. The van der Waals surface area contributed by atoms with E-state index in [1.165, 1.54) is 0 Å². The Bertz CT molecular complexity index is 924. The Morgan fingerprint density at radius 2 is 1.38 bits per heavy atom. The molecule has 0 fully saturated rings. The van der Waals surface area contributed by atoms with Crippen LogP contribution in [-0.4, -0.2) is 16.7 Å². The van der Waals surface area contributed by atoms with Crippen molar-refractivity contribution in [3.05, 3.63) is 120 Å². The third-order valence-corrected chi connectivity index (χ3v) is 4.76. The Hall–Kier alpha value is -3.33. The largest absolute Gasteiger partial charge is 0.497 e. The van der Waals surface area contributed by atoms with Gasteiger partial charge in [0, 0.05) is 12.4 Å². The Balaban J connectivity index is 2.11. The lowest BCUT2D eigenvalue weighted by molar-refractivity contribution is 0.412. The number of hydrogen-bond donors (Lipinski definition) is 0. The number of imidazole rings is 1. The molecule has 1 heterocycles. The molecule has 0 atom stereocenters. The standard InChI is InChI=1S/C23H20N2O/c1-26-22-14-8-13-21(17-22)23(25-16-15-24-18-25,19-9-4-2-5-10-19)20-11-6-3-7-12-20/h2-18H,1H3. The van der Waals surface area contributed by atoms with Gasteiger partial charge in [-0.25, -0.2) is 4.98 Å². The minimum atomic E-state index is -0.534. The highest BCUT2D eigenvalue weighted by Gasteiger charge is 2.38. The highest BCUT2D eigenvalue weighted by Crippen LogP contribution is 2.41.